The molecule has 0 aromatic carbocycles. The van der Waals surface area contributed by atoms with Crippen LogP contribution < -0.4 is 0 Å². The minimum atomic E-state index is -0.320. The Morgan fingerprint density at radius 2 is 2.57 bits per heavy atom. The lowest BCUT2D eigenvalue weighted by Gasteiger charge is -2.18. The second-order valence-electron chi connectivity index (χ2n) is 3.74. The summed E-state index contributed by atoms with van der Waals surface area (Å²) in [6, 6.07) is 0. The van der Waals surface area contributed by atoms with Crippen LogP contribution in [0.4, 0.5) is 0 Å². The Bertz CT molecular complexity index is 331. The van der Waals surface area contributed by atoms with Crippen LogP contribution in [0.25, 0.3) is 0 Å². The maximum atomic E-state index is 11.1. The summed E-state index contributed by atoms with van der Waals surface area (Å²) >= 11 is 1.37. The van der Waals surface area contributed by atoms with Crippen LogP contribution in [-0.2, 0) is 16.0 Å². The van der Waals surface area contributed by atoms with E-state index in [1.54, 1.807) is 0 Å². The second kappa shape index (κ2) is 3.74. The van der Waals surface area contributed by atoms with Gasteiger partial charge >= 0.3 is 0 Å². The van der Waals surface area contributed by atoms with Gasteiger partial charge in [0.1, 0.15) is 6.29 Å². The third-order valence-electron chi connectivity index (χ3n) is 2.64. The molecule has 1 aliphatic rings. The van der Waals surface area contributed by atoms with Crippen LogP contribution in [0.3, 0.4) is 0 Å². The molecular weight excluding hydrogens is 200 g/mol. The number of carbonyl (C=O) groups excluding carboxylic acids is 1. The summed E-state index contributed by atoms with van der Waals surface area (Å²) in [5, 5.41) is 3.94. The maximum absolute atomic E-state index is 11.1. The summed E-state index contributed by atoms with van der Waals surface area (Å²) in [5.41, 5.74) is 0.613. The zero-order valence-corrected chi connectivity index (χ0v) is 8.84. The Balaban J connectivity index is 2.16. The first kappa shape index (κ1) is 9.73. The smallest absolute Gasteiger partial charge is 0.128 e. The molecule has 0 amide bonds. The molecule has 5 heteroatoms. The highest BCUT2D eigenvalue weighted by Gasteiger charge is 2.35. The van der Waals surface area contributed by atoms with E-state index in [1.165, 1.54) is 11.5 Å². The van der Waals surface area contributed by atoms with Crippen LogP contribution in [0.1, 0.15) is 17.0 Å². The average Bonchev–Trinajstić information content (AvgIpc) is 2.79. The Kier molecular flexibility index (Phi) is 2.60. The molecular formula is C9H12N2O2S. The van der Waals surface area contributed by atoms with E-state index in [0.717, 1.165) is 29.7 Å². The lowest BCUT2D eigenvalue weighted by Crippen LogP contribution is -2.25. The molecule has 2 rings (SSSR count). The number of aromatic nitrogens is 2. The third-order valence-corrected chi connectivity index (χ3v) is 3.47. The van der Waals surface area contributed by atoms with Crippen LogP contribution in [0.5, 0.6) is 0 Å². The predicted octanol–water partition coefficient (Wildman–Crippen LogP) is 0.995. The monoisotopic (exact) mass is 212 g/mol. The number of ether oxygens (including phenoxy) is 1. The first-order valence-corrected chi connectivity index (χ1v) is 5.35. The van der Waals surface area contributed by atoms with Crippen molar-refractivity contribution in [1.29, 1.82) is 0 Å². The van der Waals surface area contributed by atoms with Crippen LogP contribution in [0.15, 0.2) is 0 Å². The van der Waals surface area contributed by atoms with Crippen molar-refractivity contribution in [2.75, 3.05) is 13.2 Å². The fourth-order valence-corrected chi connectivity index (χ4v) is 2.42. The zero-order chi connectivity index (χ0) is 10.0. The minimum Gasteiger partial charge on any atom is -0.380 e. The zero-order valence-electron chi connectivity index (χ0n) is 8.02. The first-order chi connectivity index (χ1) is 6.76. The molecule has 0 saturated carbocycles. The molecule has 1 fully saturated rings. The van der Waals surface area contributed by atoms with Crippen LogP contribution in [0, 0.1) is 12.3 Å². The number of carbonyl (C=O) groups is 1. The Hall–Kier alpha value is -0.810. The fraction of sp³-hybridized carbons (Fsp3) is 0.667. The molecule has 1 aromatic rings. The first-order valence-electron chi connectivity index (χ1n) is 4.58. The van der Waals surface area contributed by atoms with Crippen molar-refractivity contribution < 1.29 is 9.53 Å². The van der Waals surface area contributed by atoms with Gasteiger partial charge in [-0.05, 0) is 31.3 Å². The van der Waals surface area contributed by atoms with Gasteiger partial charge in [-0.3, -0.25) is 0 Å². The van der Waals surface area contributed by atoms with E-state index in [4.69, 9.17) is 4.74 Å². The molecule has 76 valence electrons. The molecule has 1 aliphatic heterocycles. The van der Waals surface area contributed by atoms with Crippen LogP contribution >= 0.6 is 11.5 Å². The molecule has 14 heavy (non-hydrogen) atoms. The van der Waals surface area contributed by atoms with E-state index < -0.39 is 0 Å². The van der Waals surface area contributed by atoms with Crippen molar-refractivity contribution in [3.63, 3.8) is 0 Å². The van der Waals surface area contributed by atoms with E-state index >= 15 is 0 Å². The summed E-state index contributed by atoms with van der Waals surface area (Å²) in [5.74, 6) is 0. The summed E-state index contributed by atoms with van der Waals surface area (Å²) in [4.78, 5) is 12.2. The summed E-state index contributed by atoms with van der Waals surface area (Å²) in [6.07, 6.45) is 2.56. The maximum Gasteiger partial charge on any atom is 0.128 e. The van der Waals surface area contributed by atoms with Crippen molar-refractivity contribution in [1.82, 2.24) is 9.59 Å². The second-order valence-corrected chi connectivity index (χ2v) is 4.58. The highest BCUT2D eigenvalue weighted by molar-refractivity contribution is 7.05. The molecule has 1 aromatic heterocycles. The topological polar surface area (TPSA) is 52.1 Å². The van der Waals surface area contributed by atoms with E-state index in [9.17, 15) is 4.79 Å². The van der Waals surface area contributed by atoms with Crippen LogP contribution in [-0.4, -0.2) is 29.1 Å². The third kappa shape index (κ3) is 1.69. The molecule has 1 saturated heterocycles. The fourth-order valence-electron chi connectivity index (χ4n) is 1.63. The lowest BCUT2D eigenvalue weighted by atomic mass is 9.85. The largest absolute Gasteiger partial charge is 0.380 e. The van der Waals surface area contributed by atoms with Gasteiger partial charge in [0.15, 0.2) is 0 Å². The number of hydrogen-bond acceptors (Lipinski definition) is 5. The SMILES string of the molecule is Cc1nnsc1CC1(C=O)CCOC1. The quantitative estimate of drug-likeness (QED) is 0.701. The highest BCUT2D eigenvalue weighted by Crippen LogP contribution is 2.32. The Labute approximate surface area is 86.4 Å². The standard InChI is InChI=1S/C9H12N2O2S/c1-7-8(14-11-10-7)4-9(5-12)2-3-13-6-9/h5H,2-4,6H2,1H3. The molecule has 0 radical (unpaired) electrons. The molecule has 0 aliphatic carbocycles. The van der Waals surface area contributed by atoms with Crippen molar-refractivity contribution in [3.8, 4) is 0 Å². The summed E-state index contributed by atoms with van der Waals surface area (Å²) in [7, 11) is 0. The van der Waals surface area contributed by atoms with Gasteiger partial charge in [-0.2, -0.15) is 0 Å². The molecule has 0 bridgehead atoms. The van der Waals surface area contributed by atoms with Crippen molar-refractivity contribution in [3.05, 3.63) is 10.6 Å². The van der Waals surface area contributed by atoms with Gasteiger partial charge in [-0.25, -0.2) is 0 Å². The van der Waals surface area contributed by atoms with Gasteiger partial charge in [0, 0.05) is 11.5 Å². The number of aldehydes is 1. The van der Waals surface area contributed by atoms with E-state index in [0.29, 0.717) is 13.2 Å². The predicted molar refractivity (Wildman–Crippen MR) is 52.3 cm³/mol. The summed E-state index contributed by atoms with van der Waals surface area (Å²) < 4.78 is 9.14. The van der Waals surface area contributed by atoms with Crippen molar-refractivity contribution in [2.45, 2.75) is 19.8 Å². The van der Waals surface area contributed by atoms with Crippen LogP contribution in [0.2, 0.25) is 0 Å². The number of rotatable bonds is 3. The number of hydrogen-bond donors (Lipinski definition) is 0. The Morgan fingerprint density at radius 3 is 3.07 bits per heavy atom. The van der Waals surface area contributed by atoms with E-state index in [1.807, 2.05) is 6.92 Å². The van der Waals surface area contributed by atoms with Crippen molar-refractivity contribution >= 4 is 17.8 Å². The van der Waals surface area contributed by atoms with Crippen molar-refractivity contribution in [2.24, 2.45) is 5.41 Å². The van der Waals surface area contributed by atoms with Gasteiger partial charge in [0.25, 0.3) is 0 Å². The van der Waals surface area contributed by atoms with Gasteiger partial charge in [-0.15, -0.1) is 5.10 Å². The Morgan fingerprint density at radius 1 is 1.71 bits per heavy atom. The van der Waals surface area contributed by atoms with E-state index in [-0.39, 0.29) is 5.41 Å². The van der Waals surface area contributed by atoms with E-state index in [2.05, 4.69) is 9.59 Å². The highest BCUT2D eigenvalue weighted by atomic mass is 32.1. The molecule has 1 atom stereocenters. The average molecular weight is 212 g/mol. The van der Waals surface area contributed by atoms with Gasteiger partial charge in [0.2, 0.25) is 0 Å². The summed E-state index contributed by atoms with van der Waals surface area (Å²) in [6.45, 7) is 3.14. The number of aryl methyl sites for hydroxylation is 1. The van der Waals surface area contributed by atoms with Gasteiger partial charge < -0.3 is 9.53 Å². The molecule has 2 heterocycles. The normalized spacial score (nSPS) is 26.6. The molecule has 0 spiro atoms. The number of nitrogens with zero attached hydrogens (tertiary/aromatic N) is 2. The lowest BCUT2D eigenvalue weighted by molar-refractivity contribution is -0.116. The van der Waals surface area contributed by atoms with Gasteiger partial charge in [-0.1, -0.05) is 4.49 Å². The molecule has 4 nitrogen and oxygen atoms in total. The minimum absolute atomic E-state index is 0.320. The van der Waals surface area contributed by atoms with Gasteiger partial charge in [0.05, 0.1) is 17.7 Å². The molecule has 0 N–H and O–H groups in total. The molecule has 1 unspecified atom stereocenters.